The largest absolute Gasteiger partial charge is 0.494 e. The number of hydrogen-bond donors (Lipinski definition) is 2. The van der Waals surface area contributed by atoms with Gasteiger partial charge >= 0.3 is 0 Å². The highest BCUT2D eigenvalue weighted by Crippen LogP contribution is 2.22. The minimum Gasteiger partial charge on any atom is -0.494 e. The van der Waals surface area contributed by atoms with Crippen LogP contribution in [0.1, 0.15) is 38.7 Å². The number of aromatic nitrogens is 3. The minimum absolute atomic E-state index is 0.0744. The summed E-state index contributed by atoms with van der Waals surface area (Å²) in [7, 11) is 0. The number of anilines is 1. The Hall–Kier alpha value is -2.93. The molecule has 2 aromatic carbocycles. The molecule has 3 aromatic rings. The molecule has 152 valence electrons. The lowest BCUT2D eigenvalue weighted by Crippen LogP contribution is -2.19. The topological polar surface area (TPSA) is 71.9 Å². The van der Waals surface area contributed by atoms with Crippen LogP contribution in [-0.2, 0) is 11.3 Å². The Morgan fingerprint density at radius 1 is 1.17 bits per heavy atom. The minimum atomic E-state index is -0.161. The van der Waals surface area contributed by atoms with Gasteiger partial charge in [0.25, 0.3) is 0 Å². The van der Waals surface area contributed by atoms with E-state index in [2.05, 4.69) is 41.5 Å². The number of amides is 1. The van der Waals surface area contributed by atoms with Gasteiger partial charge in [-0.1, -0.05) is 26.0 Å². The van der Waals surface area contributed by atoms with E-state index >= 15 is 0 Å². The van der Waals surface area contributed by atoms with E-state index in [4.69, 9.17) is 17.0 Å². The van der Waals surface area contributed by atoms with Gasteiger partial charge in [0.15, 0.2) is 10.6 Å². The summed E-state index contributed by atoms with van der Waals surface area (Å²) in [6, 6.07) is 15.5. The van der Waals surface area contributed by atoms with Crippen LogP contribution in [0.4, 0.5) is 5.69 Å². The average molecular weight is 411 g/mol. The van der Waals surface area contributed by atoms with Gasteiger partial charge in [-0.15, -0.1) is 0 Å². The molecule has 0 saturated heterocycles. The first-order valence-corrected chi connectivity index (χ1v) is 10.2. The van der Waals surface area contributed by atoms with Crippen molar-refractivity contribution in [1.82, 2.24) is 14.8 Å². The number of rotatable bonds is 8. The van der Waals surface area contributed by atoms with Crippen LogP contribution < -0.4 is 10.1 Å². The van der Waals surface area contributed by atoms with Crippen LogP contribution >= 0.6 is 12.2 Å². The van der Waals surface area contributed by atoms with Gasteiger partial charge in [0.2, 0.25) is 5.91 Å². The van der Waals surface area contributed by atoms with Gasteiger partial charge < -0.3 is 10.1 Å². The molecule has 6 nitrogen and oxygen atoms in total. The summed E-state index contributed by atoms with van der Waals surface area (Å²) in [4.78, 5) is 12.6. The number of hydrogen-bond acceptors (Lipinski definition) is 4. The maximum atomic E-state index is 12.6. The molecule has 0 bridgehead atoms. The van der Waals surface area contributed by atoms with Crippen molar-refractivity contribution in [3.05, 3.63) is 58.9 Å². The third-order valence-corrected chi connectivity index (χ3v) is 5.17. The molecular formula is C22H26N4O2S. The summed E-state index contributed by atoms with van der Waals surface area (Å²) < 4.78 is 7.56. The average Bonchev–Trinajstić information content (AvgIpc) is 3.09. The third-order valence-electron chi connectivity index (χ3n) is 4.86. The second-order valence-corrected chi connectivity index (χ2v) is 7.26. The normalized spacial score (nSPS) is 11.8. The van der Waals surface area contributed by atoms with Crippen LogP contribution in [0, 0.1) is 4.77 Å². The number of H-pyrrole nitrogens is 1. The summed E-state index contributed by atoms with van der Waals surface area (Å²) in [5, 5.41) is 9.99. The van der Waals surface area contributed by atoms with Crippen LogP contribution in [0.15, 0.2) is 48.5 Å². The summed E-state index contributed by atoms with van der Waals surface area (Å²) in [5.74, 6) is 1.74. The molecule has 0 fully saturated rings. The molecule has 0 saturated carbocycles. The van der Waals surface area contributed by atoms with Gasteiger partial charge in [0, 0.05) is 11.3 Å². The fourth-order valence-electron chi connectivity index (χ4n) is 3.03. The Labute approximate surface area is 175 Å². The molecule has 1 aromatic heterocycles. The van der Waals surface area contributed by atoms with Crippen molar-refractivity contribution in [2.45, 2.75) is 39.7 Å². The van der Waals surface area contributed by atoms with Crippen molar-refractivity contribution >= 4 is 23.8 Å². The lowest BCUT2D eigenvalue weighted by molar-refractivity contribution is -0.116. The fraction of sp³-hybridized carbons (Fsp3) is 0.318. The highest BCUT2D eigenvalue weighted by atomic mass is 32.1. The summed E-state index contributed by atoms with van der Waals surface area (Å²) in [5.41, 5.74) is 2.88. The van der Waals surface area contributed by atoms with Crippen molar-refractivity contribution < 1.29 is 9.53 Å². The number of carbonyl (C=O) groups excluding carboxylic acids is 1. The first-order valence-electron chi connectivity index (χ1n) is 9.80. The van der Waals surface area contributed by atoms with Crippen LogP contribution in [0.3, 0.4) is 0 Å². The monoisotopic (exact) mass is 410 g/mol. The number of carbonyl (C=O) groups is 1. The Morgan fingerprint density at radius 2 is 1.86 bits per heavy atom. The van der Waals surface area contributed by atoms with Crippen LogP contribution in [0.2, 0.25) is 0 Å². The molecule has 0 spiro atoms. The van der Waals surface area contributed by atoms with Crippen LogP contribution in [0.25, 0.3) is 11.4 Å². The van der Waals surface area contributed by atoms with Gasteiger partial charge in [0.1, 0.15) is 12.3 Å². The van der Waals surface area contributed by atoms with E-state index in [1.54, 1.807) is 4.57 Å². The van der Waals surface area contributed by atoms with E-state index in [1.165, 1.54) is 5.56 Å². The van der Waals surface area contributed by atoms with E-state index in [9.17, 15) is 4.79 Å². The smallest absolute Gasteiger partial charge is 0.244 e. The van der Waals surface area contributed by atoms with Crippen molar-refractivity contribution in [2.75, 3.05) is 11.9 Å². The third kappa shape index (κ3) is 5.12. The maximum absolute atomic E-state index is 12.6. The summed E-state index contributed by atoms with van der Waals surface area (Å²) in [6.45, 7) is 6.98. The predicted molar refractivity (Wildman–Crippen MR) is 118 cm³/mol. The number of nitrogens with zero attached hydrogens (tertiary/aromatic N) is 2. The van der Waals surface area contributed by atoms with Gasteiger partial charge in [-0.3, -0.25) is 14.5 Å². The quantitative estimate of drug-likeness (QED) is 0.503. The van der Waals surface area contributed by atoms with E-state index in [0.717, 1.165) is 23.4 Å². The number of nitrogens with one attached hydrogen (secondary N) is 2. The van der Waals surface area contributed by atoms with Crippen LogP contribution in [-0.4, -0.2) is 27.3 Å². The van der Waals surface area contributed by atoms with Crippen molar-refractivity contribution in [3.63, 3.8) is 0 Å². The summed E-state index contributed by atoms with van der Waals surface area (Å²) in [6.07, 6.45) is 1.08. The zero-order chi connectivity index (χ0) is 20.8. The zero-order valence-electron chi connectivity index (χ0n) is 16.9. The van der Waals surface area contributed by atoms with E-state index in [0.29, 0.717) is 23.1 Å². The van der Waals surface area contributed by atoms with Crippen molar-refractivity contribution in [1.29, 1.82) is 0 Å². The van der Waals surface area contributed by atoms with E-state index in [1.807, 2.05) is 43.3 Å². The van der Waals surface area contributed by atoms with Gasteiger partial charge in [-0.25, -0.2) is 0 Å². The molecule has 0 aliphatic carbocycles. The van der Waals surface area contributed by atoms with Crippen molar-refractivity contribution in [2.24, 2.45) is 0 Å². The first-order chi connectivity index (χ1) is 14.0. The molecule has 2 N–H and O–H groups in total. The van der Waals surface area contributed by atoms with Crippen molar-refractivity contribution in [3.8, 4) is 17.1 Å². The maximum Gasteiger partial charge on any atom is 0.244 e. The zero-order valence-corrected chi connectivity index (χ0v) is 17.8. The molecule has 0 aliphatic rings. The lowest BCUT2D eigenvalue weighted by atomic mass is 9.99. The van der Waals surface area contributed by atoms with E-state index in [-0.39, 0.29) is 12.5 Å². The van der Waals surface area contributed by atoms with Gasteiger partial charge in [0.05, 0.1) is 6.61 Å². The molecule has 1 unspecified atom stereocenters. The molecule has 1 heterocycles. The Morgan fingerprint density at radius 3 is 2.48 bits per heavy atom. The highest BCUT2D eigenvalue weighted by molar-refractivity contribution is 7.71. The molecule has 7 heteroatoms. The number of aromatic amines is 1. The van der Waals surface area contributed by atoms with Gasteiger partial charge in [-0.2, -0.15) is 5.10 Å². The molecule has 0 aliphatic heterocycles. The lowest BCUT2D eigenvalue weighted by Gasteiger charge is -2.11. The standard InChI is InChI=1S/C22H26N4O2S/c1-4-15(3)16-6-10-18(11-7-16)23-20(27)14-26-21(24-25-22(26)29)17-8-12-19(13-9-17)28-5-2/h6-13,15H,4-5,14H2,1-3H3,(H,23,27)(H,25,29). The number of benzene rings is 2. The second-order valence-electron chi connectivity index (χ2n) is 6.88. The molecule has 0 radical (unpaired) electrons. The molecule has 29 heavy (non-hydrogen) atoms. The molecule has 1 atom stereocenters. The van der Waals surface area contributed by atoms with E-state index < -0.39 is 0 Å². The fourth-order valence-corrected chi connectivity index (χ4v) is 3.22. The predicted octanol–water partition coefficient (Wildman–Crippen LogP) is 5.16. The number of ether oxygens (including phenoxy) is 1. The molecule has 3 rings (SSSR count). The molecular weight excluding hydrogens is 384 g/mol. The highest BCUT2D eigenvalue weighted by Gasteiger charge is 2.13. The SMILES string of the molecule is CCOc1ccc(-c2n[nH]c(=S)n2CC(=O)Nc2ccc(C(C)CC)cc2)cc1. The Balaban J connectivity index is 1.72. The summed E-state index contributed by atoms with van der Waals surface area (Å²) >= 11 is 5.32. The van der Waals surface area contributed by atoms with Gasteiger partial charge in [-0.05, 0) is 73.4 Å². The van der Waals surface area contributed by atoms with Crippen LogP contribution in [0.5, 0.6) is 5.75 Å². The molecule has 1 amide bonds. The second kappa shape index (κ2) is 9.52. The first kappa shape index (κ1) is 20.8. The Bertz CT molecular complexity index is 1010. The Kier molecular flexibility index (Phi) is 6.82.